The maximum absolute atomic E-state index is 13.6. The molecule has 1 fully saturated rings. The fourth-order valence-corrected chi connectivity index (χ4v) is 6.30. The zero-order valence-corrected chi connectivity index (χ0v) is 20.2. The predicted octanol–water partition coefficient (Wildman–Crippen LogP) is 5.45. The van der Waals surface area contributed by atoms with Gasteiger partial charge in [0.2, 0.25) is 0 Å². The van der Waals surface area contributed by atoms with E-state index in [0.717, 1.165) is 28.9 Å². The number of thioether (sulfide) groups is 1. The lowest BCUT2D eigenvalue weighted by Gasteiger charge is -2.12. The molecule has 0 amide bonds. The van der Waals surface area contributed by atoms with E-state index < -0.39 is 0 Å². The molecule has 0 aliphatic heterocycles. The standard InChI is InChI=1S/C25H23N3O3S2/c1-13-20(15(3)29)14(2)26-22(13)19(30)12-33-25-27-23-21(18(11-32-23)16-9-10-16)24(31)28(25)17-7-5-4-6-8-17/h4-8,11,16,26H,9-10,12H2,1-3H3. The molecule has 0 atom stereocenters. The number of rotatable bonds is 7. The fourth-order valence-electron chi connectivity index (χ4n) is 4.35. The molecule has 1 N–H and O–H groups in total. The molecule has 0 unspecified atom stereocenters. The van der Waals surface area contributed by atoms with Crippen LogP contribution >= 0.6 is 23.1 Å². The number of H-pyrrole nitrogens is 1. The Bertz CT molecular complexity index is 1460. The van der Waals surface area contributed by atoms with Crippen molar-refractivity contribution in [2.45, 2.75) is 44.7 Å². The first-order valence-electron chi connectivity index (χ1n) is 10.8. The number of thiophene rings is 1. The number of nitrogens with one attached hydrogen (secondary N) is 1. The summed E-state index contributed by atoms with van der Waals surface area (Å²) in [6, 6.07) is 9.42. The van der Waals surface area contributed by atoms with Crippen molar-refractivity contribution in [3.8, 4) is 5.69 Å². The zero-order chi connectivity index (χ0) is 23.3. The number of carbonyl (C=O) groups excluding carboxylic acids is 2. The summed E-state index contributed by atoms with van der Waals surface area (Å²) >= 11 is 2.73. The van der Waals surface area contributed by atoms with E-state index in [-0.39, 0.29) is 22.9 Å². The molecule has 8 heteroatoms. The van der Waals surface area contributed by atoms with E-state index in [1.165, 1.54) is 30.0 Å². The first-order chi connectivity index (χ1) is 15.9. The van der Waals surface area contributed by atoms with E-state index in [1.54, 1.807) is 18.4 Å². The van der Waals surface area contributed by atoms with Crippen molar-refractivity contribution in [1.82, 2.24) is 14.5 Å². The molecule has 168 valence electrons. The lowest BCUT2D eigenvalue weighted by Crippen LogP contribution is -2.22. The van der Waals surface area contributed by atoms with Gasteiger partial charge in [0, 0.05) is 11.3 Å². The SMILES string of the molecule is CC(=O)c1c(C)[nH]c(C(=O)CSc2nc3scc(C4CC4)c3c(=O)n2-c2ccccc2)c1C. The van der Waals surface area contributed by atoms with Crippen LogP contribution in [0.25, 0.3) is 15.9 Å². The van der Waals surface area contributed by atoms with Crippen LogP contribution in [0.2, 0.25) is 0 Å². The minimum atomic E-state index is -0.132. The largest absolute Gasteiger partial charge is 0.355 e. The Morgan fingerprint density at radius 1 is 1.21 bits per heavy atom. The molecular weight excluding hydrogens is 454 g/mol. The van der Waals surface area contributed by atoms with Gasteiger partial charge >= 0.3 is 0 Å². The number of aromatic nitrogens is 3. The van der Waals surface area contributed by atoms with Gasteiger partial charge in [0.25, 0.3) is 5.56 Å². The summed E-state index contributed by atoms with van der Waals surface area (Å²) in [5.41, 5.74) is 4.10. The minimum absolute atomic E-state index is 0.0675. The van der Waals surface area contributed by atoms with Gasteiger partial charge < -0.3 is 4.98 Å². The van der Waals surface area contributed by atoms with Crippen LogP contribution in [-0.2, 0) is 0 Å². The molecule has 4 aromatic rings. The van der Waals surface area contributed by atoms with Crippen molar-refractivity contribution in [3.05, 3.63) is 74.1 Å². The molecule has 5 rings (SSSR count). The van der Waals surface area contributed by atoms with Crippen LogP contribution in [0.15, 0.2) is 45.7 Å². The summed E-state index contributed by atoms with van der Waals surface area (Å²) in [7, 11) is 0. The van der Waals surface area contributed by atoms with E-state index in [0.29, 0.717) is 39.0 Å². The van der Waals surface area contributed by atoms with Gasteiger partial charge in [-0.15, -0.1) is 11.3 Å². The molecule has 6 nitrogen and oxygen atoms in total. The van der Waals surface area contributed by atoms with Crippen molar-refractivity contribution in [3.63, 3.8) is 0 Å². The number of hydrogen-bond acceptors (Lipinski definition) is 6. The van der Waals surface area contributed by atoms with Gasteiger partial charge in [-0.05, 0) is 68.2 Å². The van der Waals surface area contributed by atoms with Gasteiger partial charge in [0.1, 0.15) is 4.83 Å². The van der Waals surface area contributed by atoms with Crippen molar-refractivity contribution >= 4 is 44.9 Å². The van der Waals surface area contributed by atoms with Crippen LogP contribution in [0, 0.1) is 13.8 Å². The van der Waals surface area contributed by atoms with Gasteiger partial charge in [0.15, 0.2) is 16.7 Å². The molecule has 1 aromatic carbocycles. The molecule has 33 heavy (non-hydrogen) atoms. The monoisotopic (exact) mass is 477 g/mol. The van der Waals surface area contributed by atoms with Gasteiger partial charge in [-0.3, -0.25) is 19.0 Å². The van der Waals surface area contributed by atoms with E-state index in [9.17, 15) is 14.4 Å². The summed E-state index contributed by atoms with van der Waals surface area (Å²) in [5.74, 6) is 0.352. The summed E-state index contributed by atoms with van der Waals surface area (Å²) in [4.78, 5) is 47.2. The quantitative estimate of drug-likeness (QED) is 0.217. The number of aryl methyl sites for hydroxylation is 1. The number of para-hydroxylation sites is 1. The molecule has 0 bridgehead atoms. The highest BCUT2D eigenvalue weighted by Crippen LogP contribution is 2.44. The molecule has 0 spiro atoms. The Morgan fingerprint density at radius 3 is 2.58 bits per heavy atom. The second-order valence-corrected chi connectivity index (χ2v) is 10.2. The summed E-state index contributed by atoms with van der Waals surface area (Å²) in [6.07, 6.45) is 2.22. The highest BCUT2D eigenvalue weighted by Gasteiger charge is 2.29. The first-order valence-corrected chi connectivity index (χ1v) is 12.7. The lowest BCUT2D eigenvalue weighted by atomic mass is 10.1. The van der Waals surface area contributed by atoms with Crippen molar-refractivity contribution < 1.29 is 9.59 Å². The van der Waals surface area contributed by atoms with Crippen LogP contribution in [0.5, 0.6) is 0 Å². The van der Waals surface area contributed by atoms with E-state index in [2.05, 4.69) is 10.4 Å². The van der Waals surface area contributed by atoms with Crippen LogP contribution in [0.4, 0.5) is 0 Å². The zero-order valence-electron chi connectivity index (χ0n) is 18.6. The van der Waals surface area contributed by atoms with Gasteiger partial charge in [-0.1, -0.05) is 30.0 Å². The maximum atomic E-state index is 13.6. The summed E-state index contributed by atoms with van der Waals surface area (Å²) < 4.78 is 1.62. The number of Topliss-reactive ketones (excluding diaryl/α,β-unsaturated/α-hetero) is 2. The second kappa shape index (κ2) is 8.43. The summed E-state index contributed by atoms with van der Waals surface area (Å²) in [6.45, 7) is 5.08. The van der Waals surface area contributed by atoms with E-state index in [4.69, 9.17) is 4.98 Å². The van der Waals surface area contributed by atoms with Crippen molar-refractivity contribution in [1.29, 1.82) is 0 Å². The topological polar surface area (TPSA) is 84.8 Å². The average Bonchev–Trinajstić information content (AvgIpc) is 3.47. The first kappa shape index (κ1) is 21.9. The highest BCUT2D eigenvalue weighted by molar-refractivity contribution is 7.99. The minimum Gasteiger partial charge on any atom is -0.355 e. The molecule has 0 radical (unpaired) electrons. The van der Waals surface area contributed by atoms with E-state index in [1.807, 2.05) is 30.3 Å². The van der Waals surface area contributed by atoms with Gasteiger partial charge in [0.05, 0.1) is 22.5 Å². The molecule has 1 aliphatic rings. The Morgan fingerprint density at radius 2 is 1.94 bits per heavy atom. The second-order valence-electron chi connectivity index (χ2n) is 8.41. The maximum Gasteiger partial charge on any atom is 0.267 e. The third-order valence-electron chi connectivity index (χ3n) is 6.04. The molecular formula is C25H23N3O3S2. The fraction of sp³-hybridized carbons (Fsp3) is 0.280. The number of ketones is 2. The predicted molar refractivity (Wildman–Crippen MR) is 133 cm³/mol. The molecule has 3 heterocycles. The number of fused-ring (bicyclic) bond motifs is 1. The number of benzene rings is 1. The lowest BCUT2D eigenvalue weighted by molar-refractivity contribution is 0.101. The van der Waals surface area contributed by atoms with E-state index >= 15 is 0 Å². The Hall–Kier alpha value is -2.97. The Balaban J connectivity index is 1.54. The Kier molecular flexibility index (Phi) is 5.58. The molecule has 3 aromatic heterocycles. The van der Waals surface area contributed by atoms with Crippen LogP contribution in [0.1, 0.15) is 63.4 Å². The number of hydrogen-bond donors (Lipinski definition) is 1. The Labute approximate surface area is 199 Å². The number of carbonyl (C=O) groups is 2. The normalized spacial score (nSPS) is 13.5. The molecule has 0 saturated heterocycles. The van der Waals surface area contributed by atoms with Crippen LogP contribution in [-0.4, -0.2) is 31.9 Å². The number of nitrogens with zero attached hydrogens (tertiary/aromatic N) is 2. The average molecular weight is 478 g/mol. The third kappa shape index (κ3) is 3.87. The van der Waals surface area contributed by atoms with Crippen molar-refractivity contribution in [2.75, 3.05) is 5.75 Å². The molecule has 1 aliphatic carbocycles. The summed E-state index contributed by atoms with van der Waals surface area (Å²) in [5, 5.41) is 3.24. The van der Waals surface area contributed by atoms with Gasteiger partial charge in [-0.25, -0.2) is 4.98 Å². The van der Waals surface area contributed by atoms with Crippen LogP contribution < -0.4 is 5.56 Å². The van der Waals surface area contributed by atoms with Crippen molar-refractivity contribution in [2.24, 2.45) is 0 Å². The number of aromatic amines is 1. The molecule has 1 saturated carbocycles. The van der Waals surface area contributed by atoms with Gasteiger partial charge in [-0.2, -0.15) is 0 Å². The van der Waals surface area contributed by atoms with Crippen LogP contribution in [0.3, 0.4) is 0 Å². The smallest absolute Gasteiger partial charge is 0.267 e. The third-order valence-corrected chi connectivity index (χ3v) is 7.87. The highest BCUT2D eigenvalue weighted by atomic mass is 32.2.